The van der Waals surface area contributed by atoms with Crippen molar-refractivity contribution in [3.8, 4) is 27.7 Å². The minimum atomic E-state index is -0.880. The van der Waals surface area contributed by atoms with E-state index in [0.717, 1.165) is 60.2 Å². The average Bonchev–Trinajstić information content (AvgIpc) is 4.28. The summed E-state index contributed by atoms with van der Waals surface area (Å²) >= 11 is 1.58. The van der Waals surface area contributed by atoms with Gasteiger partial charge in [0.15, 0.2) is 11.6 Å². The number of likely N-dealkylation sites (tertiary alicyclic amines) is 1. The summed E-state index contributed by atoms with van der Waals surface area (Å²) in [5.41, 5.74) is 6.22. The number of aromatic nitrogens is 6. The number of nitrogens with zero attached hydrogens (tertiary/aromatic N) is 7. The number of carbonyl (C=O) groups is 4. The number of ether oxygens (including phenoxy) is 4. The Bertz CT molecular complexity index is 3010. The number of thiazole rings is 1. The number of hydrogen-bond donors (Lipinski definition) is 5. The summed E-state index contributed by atoms with van der Waals surface area (Å²) in [4.78, 5) is 68.9. The highest BCUT2D eigenvalue weighted by Crippen LogP contribution is 2.29. The van der Waals surface area contributed by atoms with Gasteiger partial charge in [-0.25, -0.2) is 19.3 Å². The molecule has 1 aliphatic rings. The standard InChI is InChI=1S/C61H80FN11O9S/c1-41(68-58(76)45-15-14-16-46(33-45)64-37-53-70-71-57(72(53)6)51-24-25-63-39-66-51)49-35-48(22-23-50(49)62)82-28-13-8-7-11-26-79-29-31-81-32-30-80-27-12-9-10-17-54(75)69-56(61(3,4)5)60(78)73-38-47(74)34-52(73)59(77)65-36-43-18-20-44(21-19-43)55-42(2)67-40-83-55/h14-16,18-25,33,35,39-41,47,52,56,64,74H,7-13,17,26-32,34,36-38H2,1-6H3,(H,65,77)(H,68,76)(H,69,75)/t41-,47+,52-,56+/m0/s1. The van der Waals surface area contributed by atoms with E-state index in [9.17, 15) is 24.3 Å². The summed E-state index contributed by atoms with van der Waals surface area (Å²) in [6, 6.07) is 19.0. The van der Waals surface area contributed by atoms with Gasteiger partial charge in [0.2, 0.25) is 17.7 Å². The highest BCUT2D eigenvalue weighted by molar-refractivity contribution is 7.13. The van der Waals surface area contributed by atoms with E-state index in [1.807, 2.05) is 75.2 Å². The Morgan fingerprint density at radius 1 is 0.819 bits per heavy atom. The van der Waals surface area contributed by atoms with Crippen molar-refractivity contribution in [2.45, 2.75) is 130 Å². The molecule has 1 saturated heterocycles. The van der Waals surface area contributed by atoms with Gasteiger partial charge in [0.05, 0.1) is 67.8 Å². The van der Waals surface area contributed by atoms with Crippen LogP contribution in [0.1, 0.15) is 125 Å². The van der Waals surface area contributed by atoms with Crippen molar-refractivity contribution in [2.24, 2.45) is 12.5 Å². The molecule has 4 amide bonds. The van der Waals surface area contributed by atoms with Crippen molar-refractivity contribution >= 4 is 40.7 Å². The van der Waals surface area contributed by atoms with E-state index in [0.29, 0.717) is 99.1 Å². The third-order valence-electron chi connectivity index (χ3n) is 14.2. The first kappa shape index (κ1) is 63.3. The molecular weight excluding hydrogens is 1080 g/mol. The number of halogens is 1. The topological polar surface area (TPSA) is 246 Å². The second-order valence-electron chi connectivity index (χ2n) is 21.8. The number of benzene rings is 3. The molecule has 20 nitrogen and oxygen atoms in total. The van der Waals surface area contributed by atoms with E-state index < -0.39 is 35.5 Å². The molecule has 446 valence electrons. The van der Waals surface area contributed by atoms with Crippen LogP contribution in [0.15, 0.2) is 90.8 Å². The molecule has 3 aromatic heterocycles. The molecule has 22 heteroatoms. The van der Waals surface area contributed by atoms with Crippen LogP contribution in [0.4, 0.5) is 10.1 Å². The molecule has 1 aliphatic heterocycles. The van der Waals surface area contributed by atoms with E-state index in [2.05, 4.69) is 46.4 Å². The predicted octanol–water partition coefficient (Wildman–Crippen LogP) is 8.30. The van der Waals surface area contributed by atoms with Crippen LogP contribution < -0.4 is 26.0 Å². The van der Waals surface area contributed by atoms with E-state index in [4.69, 9.17) is 18.9 Å². The number of hydrogen-bond acceptors (Lipinski definition) is 16. The number of rotatable bonds is 33. The van der Waals surface area contributed by atoms with Crippen molar-refractivity contribution < 1.29 is 47.6 Å². The summed E-state index contributed by atoms with van der Waals surface area (Å²) in [6.07, 6.45) is 8.43. The maximum atomic E-state index is 15.0. The van der Waals surface area contributed by atoms with E-state index in [-0.39, 0.29) is 49.6 Å². The summed E-state index contributed by atoms with van der Waals surface area (Å²) in [5.74, 6) is 0.0701. The van der Waals surface area contributed by atoms with Crippen LogP contribution in [0.5, 0.6) is 5.75 Å². The number of aryl methyl sites for hydroxylation is 1. The third kappa shape index (κ3) is 19.4. The molecule has 0 radical (unpaired) electrons. The molecule has 0 saturated carbocycles. The van der Waals surface area contributed by atoms with Gasteiger partial charge in [0.1, 0.15) is 35.7 Å². The lowest BCUT2D eigenvalue weighted by Gasteiger charge is -2.35. The lowest BCUT2D eigenvalue weighted by atomic mass is 9.85. The van der Waals surface area contributed by atoms with Crippen LogP contribution in [0.2, 0.25) is 0 Å². The summed E-state index contributed by atoms with van der Waals surface area (Å²) in [7, 11) is 1.86. The number of unbranched alkanes of at least 4 members (excludes halogenated alkanes) is 5. The average molecular weight is 1160 g/mol. The van der Waals surface area contributed by atoms with Crippen LogP contribution in [0.3, 0.4) is 0 Å². The first-order valence-electron chi connectivity index (χ1n) is 28.6. The number of carbonyl (C=O) groups excluding carboxylic acids is 4. The second-order valence-corrected chi connectivity index (χ2v) is 22.6. The number of anilines is 1. The molecule has 7 rings (SSSR count). The van der Waals surface area contributed by atoms with Gasteiger partial charge < -0.3 is 54.8 Å². The first-order valence-corrected chi connectivity index (χ1v) is 29.4. The minimum absolute atomic E-state index is 0.0142. The maximum Gasteiger partial charge on any atom is 0.251 e. The van der Waals surface area contributed by atoms with Crippen LogP contribution in [0.25, 0.3) is 22.0 Å². The Balaban J connectivity index is 0.676. The van der Waals surface area contributed by atoms with Gasteiger partial charge >= 0.3 is 0 Å². The Labute approximate surface area is 489 Å². The normalized spacial score (nSPS) is 15.0. The molecule has 5 N–H and O–H groups in total. The van der Waals surface area contributed by atoms with Crippen molar-refractivity contribution in [1.29, 1.82) is 0 Å². The zero-order valence-electron chi connectivity index (χ0n) is 48.5. The SMILES string of the molecule is Cc1ncsc1-c1ccc(CNC(=O)[C@@H]2C[C@@H](O)CN2C(=O)[C@@H](NC(=O)CCCCCOCCOCCOCCCCCCOc2ccc(F)c([C@H](C)NC(=O)c3cccc(NCc4nnc(-c5ccncn5)n4C)c3)c2)C(C)(C)C)cc1. The molecule has 0 bridgehead atoms. The highest BCUT2D eigenvalue weighted by Gasteiger charge is 2.44. The summed E-state index contributed by atoms with van der Waals surface area (Å²) < 4.78 is 39.9. The Hall–Kier alpha value is -7.24. The van der Waals surface area contributed by atoms with Gasteiger partial charge in [-0.3, -0.25) is 19.2 Å². The fraction of sp³-hybridized carbons (Fsp3) is 0.492. The highest BCUT2D eigenvalue weighted by atomic mass is 32.1. The number of aliphatic hydroxyl groups excluding tert-OH is 1. The number of aliphatic hydroxyl groups is 1. The Morgan fingerprint density at radius 3 is 2.22 bits per heavy atom. The molecule has 4 heterocycles. The van der Waals surface area contributed by atoms with Gasteiger partial charge in [-0.05, 0) is 105 Å². The number of amides is 4. The smallest absolute Gasteiger partial charge is 0.251 e. The van der Waals surface area contributed by atoms with Crippen LogP contribution in [-0.2, 0) is 48.7 Å². The summed E-state index contributed by atoms with van der Waals surface area (Å²) in [6.45, 7) is 13.5. The van der Waals surface area contributed by atoms with E-state index >= 15 is 4.39 Å². The van der Waals surface area contributed by atoms with Crippen molar-refractivity contribution in [3.63, 3.8) is 0 Å². The van der Waals surface area contributed by atoms with Crippen LogP contribution in [0, 0.1) is 18.2 Å². The molecule has 83 heavy (non-hydrogen) atoms. The molecule has 6 aromatic rings. The molecule has 0 unspecified atom stereocenters. The van der Waals surface area contributed by atoms with Crippen LogP contribution >= 0.6 is 11.3 Å². The summed E-state index contributed by atoms with van der Waals surface area (Å²) in [5, 5.41) is 31.2. The Kier molecular flexibility index (Phi) is 24.4. The maximum absolute atomic E-state index is 15.0. The van der Waals surface area contributed by atoms with Crippen molar-refractivity contribution in [3.05, 3.63) is 125 Å². The van der Waals surface area contributed by atoms with Gasteiger partial charge in [0, 0.05) is 69.2 Å². The zero-order chi connectivity index (χ0) is 59.1. The number of β-amino-alcohol motifs (C(OH)–C–C–N with tert-alkyl or cyclic N) is 1. The van der Waals surface area contributed by atoms with Gasteiger partial charge in [0.25, 0.3) is 5.91 Å². The first-order chi connectivity index (χ1) is 40.0. The van der Waals surface area contributed by atoms with E-state index in [1.165, 1.54) is 17.3 Å². The molecule has 0 spiro atoms. The predicted molar refractivity (Wildman–Crippen MR) is 315 cm³/mol. The van der Waals surface area contributed by atoms with Crippen molar-refractivity contribution in [2.75, 3.05) is 58.1 Å². The molecule has 1 fully saturated rings. The van der Waals surface area contributed by atoms with Crippen molar-refractivity contribution in [1.82, 2.24) is 50.6 Å². The molecular formula is C61H80FN11O9S. The lowest BCUT2D eigenvalue weighted by molar-refractivity contribution is -0.144. The molecule has 4 atom stereocenters. The zero-order valence-corrected chi connectivity index (χ0v) is 49.4. The minimum Gasteiger partial charge on any atom is -0.494 e. The van der Waals surface area contributed by atoms with Gasteiger partial charge in [-0.1, -0.05) is 63.9 Å². The van der Waals surface area contributed by atoms with Gasteiger partial charge in [-0.15, -0.1) is 21.5 Å². The van der Waals surface area contributed by atoms with E-state index in [1.54, 1.807) is 60.9 Å². The molecule has 3 aromatic carbocycles. The Morgan fingerprint density at radius 2 is 1.53 bits per heavy atom. The number of nitrogens with one attached hydrogen (secondary N) is 4. The quantitative estimate of drug-likeness (QED) is 0.0243. The third-order valence-corrected chi connectivity index (χ3v) is 15.2. The fourth-order valence-corrected chi connectivity index (χ4v) is 10.3. The van der Waals surface area contributed by atoms with Gasteiger partial charge in [-0.2, -0.15) is 0 Å². The monoisotopic (exact) mass is 1160 g/mol. The largest absolute Gasteiger partial charge is 0.494 e. The second kappa shape index (κ2) is 32.0. The lowest BCUT2D eigenvalue weighted by Crippen LogP contribution is -2.57. The fourth-order valence-electron chi connectivity index (χ4n) is 9.49. The molecule has 0 aliphatic carbocycles. The van der Waals surface area contributed by atoms with Crippen LogP contribution in [-0.4, -0.2) is 134 Å².